The normalized spacial score (nSPS) is 23.6. The molecule has 1 saturated heterocycles. The molecule has 0 amide bonds. The van der Waals surface area contributed by atoms with Crippen molar-refractivity contribution >= 4 is 15.9 Å². The Balaban J connectivity index is 1.95. The smallest absolute Gasteiger partial charge is 0.0805 e. The number of halogens is 1. The Morgan fingerprint density at radius 3 is 2.71 bits per heavy atom. The molecule has 0 spiro atoms. The van der Waals surface area contributed by atoms with Crippen LogP contribution in [0.25, 0.3) is 0 Å². The van der Waals surface area contributed by atoms with E-state index in [4.69, 9.17) is 0 Å². The van der Waals surface area contributed by atoms with Gasteiger partial charge in [0, 0.05) is 10.5 Å². The Labute approximate surface area is 112 Å². The van der Waals surface area contributed by atoms with Gasteiger partial charge in [0.2, 0.25) is 0 Å². The predicted octanol–water partition coefficient (Wildman–Crippen LogP) is 3.36. The number of hydrogen-bond acceptors (Lipinski definition) is 2. The Kier molecular flexibility index (Phi) is 4.60. The fraction of sp³-hybridized carbons (Fsp3) is 0.571. The zero-order valence-corrected chi connectivity index (χ0v) is 11.9. The Morgan fingerprint density at radius 2 is 2.06 bits per heavy atom. The summed E-state index contributed by atoms with van der Waals surface area (Å²) in [5.41, 5.74) is 1.02. The molecule has 0 aromatic heterocycles. The average molecular weight is 298 g/mol. The van der Waals surface area contributed by atoms with Crippen molar-refractivity contribution in [2.24, 2.45) is 0 Å². The molecule has 2 atom stereocenters. The Bertz CT molecular complexity index is 352. The molecule has 1 aromatic rings. The summed E-state index contributed by atoms with van der Waals surface area (Å²) in [5.74, 6) is 0. The number of benzene rings is 1. The first-order valence-electron chi connectivity index (χ1n) is 6.30. The van der Waals surface area contributed by atoms with Crippen LogP contribution in [0.15, 0.2) is 28.7 Å². The quantitative estimate of drug-likeness (QED) is 0.925. The van der Waals surface area contributed by atoms with Gasteiger partial charge in [-0.25, -0.2) is 0 Å². The van der Waals surface area contributed by atoms with Crippen LogP contribution in [-0.4, -0.2) is 29.6 Å². The third-order valence-corrected chi connectivity index (χ3v) is 4.20. The second kappa shape index (κ2) is 5.98. The molecule has 1 aliphatic heterocycles. The van der Waals surface area contributed by atoms with Crippen molar-refractivity contribution in [2.75, 3.05) is 13.6 Å². The van der Waals surface area contributed by atoms with Crippen LogP contribution in [0.2, 0.25) is 0 Å². The van der Waals surface area contributed by atoms with Gasteiger partial charge in [0.1, 0.15) is 0 Å². The second-order valence-corrected chi connectivity index (χ2v) is 5.85. The highest BCUT2D eigenvalue weighted by molar-refractivity contribution is 9.10. The lowest BCUT2D eigenvalue weighted by Crippen LogP contribution is -2.37. The van der Waals surface area contributed by atoms with Crippen LogP contribution in [0, 0.1) is 0 Å². The van der Waals surface area contributed by atoms with E-state index in [-0.39, 0.29) is 6.10 Å². The molecule has 1 aliphatic rings. The Hall–Kier alpha value is -0.380. The summed E-state index contributed by atoms with van der Waals surface area (Å²) in [4.78, 5) is 2.38. The molecule has 1 fully saturated rings. The third-order valence-electron chi connectivity index (χ3n) is 3.67. The van der Waals surface area contributed by atoms with Crippen LogP contribution in [0.1, 0.15) is 37.4 Å². The van der Waals surface area contributed by atoms with Gasteiger partial charge in [-0.2, -0.15) is 0 Å². The van der Waals surface area contributed by atoms with E-state index in [0.29, 0.717) is 6.04 Å². The fourth-order valence-corrected chi connectivity index (χ4v) is 2.78. The van der Waals surface area contributed by atoms with E-state index < -0.39 is 0 Å². The third kappa shape index (κ3) is 3.54. The SMILES string of the molecule is CN1CCCCC1C[C@@H](O)c1ccc(Br)cc1. The maximum Gasteiger partial charge on any atom is 0.0805 e. The first-order valence-corrected chi connectivity index (χ1v) is 7.10. The first-order chi connectivity index (χ1) is 8.16. The van der Waals surface area contributed by atoms with Gasteiger partial charge < -0.3 is 10.0 Å². The van der Waals surface area contributed by atoms with Gasteiger partial charge in [0.15, 0.2) is 0 Å². The summed E-state index contributed by atoms with van der Waals surface area (Å²) in [5, 5.41) is 10.2. The van der Waals surface area contributed by atoms with Gasteiger partial charge in [0.25, 0.3) is 0 Å². The Morgan fingerprint density at radius 1 is 1.35 bits per heavy atom. The molecule has 1 N–H and O–H groups in total. The summed E-state index contributed by atoms with van der Waals surface area (Å²) < 4.78 is 1.06. The number of rotatable bonds is 3. The summed E-state index contributed by atoms with van der Waals surface area (Å²) >= 11 is 3.41. The van der Waals surface area contributed by atoms with E-state index in [2.05, 4.69) is 27.9 Å². The first kappa shape index (κ1) is 13.1. The van der Waals surface area contributed by atoms with Crippen molar-refractivity contribution in [1.29, 1.82) is 0 Å². The zero-order valence-electron chi connectivity index (χ0n) is 10.3. The maximum absolute atomic E-state index is 10.2. The molecule has 94 valence electrons. The van der Waals surface area contributed by atoms with Gasteiger partial charge in [-0.15, -0.1) is 0 Å². The maximum atomic E-state index is 10.2. The van der Waals surface area contributed by atoms with Crippen LogP contribution in [0.4, 0.5) is 0 Å². The van der Waals surface area contributed by atoms with Crippen molar-refractivity contribution < 1.29 is 5.11 Å². The minimum Gasteiger partial charge on any atom is -0.388 e. The number of aliphatic hydroxyl groups is 1. The highest BCUT2D eigenvalue weighted by Crippen LogP contribution is 2.26. The molecule has 0 bridgehead atoms. The standard InChI is InChI=1S/C14H20BrNO/c1-16-9-3-2-4-13(16)10-14(17)11-5-7-12(15)8-6-11/h5-8,13-14,17H,2-4,9-10H2,1H3/t13?,14-/m1/s1. The summed E-state index contributed by atoms with van der Waals surface area (Å²) in [6, 6.07) is 8.50. The van der Waals surface area contributed by atoms with Gasteiger partial charge in [-0.05, 0) is 50.6 Å². The molecular weight excluding hydrogens is 278 g/mol. The van der Waals surface area contributed by atoms with E-state index in [1.165, 1.54) is 19.3 Å². The van der Waals surface area contributed by atoms with Crippen molar-refractivity contribution in [3.8, 4) is 0 Å². The number of piperidine rings is 1. The van der Waals surface area contributed by atoms with Crippen LogP contribution in [0.5, 0.6) is 0 Å². The lowest BCUT2D eigenvalue weighted by atomic mass is 9.94. The molecule has 1 aromatic carbocycles. The van der Waals surface area contributed by atoms with E-state index >= 15 is 0 Å². The minimum absolute atomic E-state index is 0.339. The van der Waals surface area contributed by atoms with Crippen molar-refractivity contribution in [3.63, 3.8) is 0 Å². The molecule has 17 heavy (non-hydrogen) atoms. The highest BCUT2D eigenvalue weighted by atomic mass is 79.9. The summed E-state index contributed by atoms with van der Waals surface area (Å²) in [6.45, 7) is 1.16. The highest BCUT2D eigenvalue weighted by Gasteiger charge is 2.22. The molecule has 2 nitrogen and oxygen atoms in total. The van der Waals surface area contributed by atoms with E-state index in [0.717, 1.165) is 23.0 Å². The average Bonchev–Trinajstić information content (AvgIpc) is 2.33. The van der Waals surface area contributed by atoms with E-state index in [1.54, 1.807) is 0 Å². The molecular formula is C14H20BrNO. The molecule has 3 heteroatoms. The van der Waals surface area contributed by atoms with Gasteiger partial charge in [-0.1, -0.05) is 34.5 Å². The zero-order chi connectivity index (χ0) is 12.3. The van der Waals surface area contributed by atoms with Crippen molar-refractivity contribution in [2.45, 2.75) is 37.8 Å². The number of nitrogens with zero attached hydrogens (tertiary/aromatic N) is 1. The number of hydrogen-bond donors (Lipinski definition) is 1. The molecule has 0 saturated carbocycles. The van der Waals surface area contributed by atoms with Gasteiger partial charge in [0.05, 0.1) is 6.10 Å². The lowest BCUT2D eigenvalue weighted by Gasteiger charge is -2.33. The van der Waals surface area contributed by atoms with Crippen molar-refractivity contribution in [3.05, 3.63) is 34.3 Å². The monoisotopic (exact) mass is 297 g/mol. The number of likely N-dealkylation sites (tertiary alicyclic amines) is 1. The van der Waals surface area contributed by atoms with Crippen LogP contribution >= 0.6 is 15.9 Å². The van der Waals surface area contributed by atoms with Crippen molar-refractivity contribution in [1.82, 2.24) is 4.90 Å². The molecule has 1 unspecified atom stereocenters. The van der Waals surface area contributed by atoms with Gasteiger partial charge >= 0.3 is 0 Å². The summed E-state index contributed by atoms with van der Waals surface area (Å²) in [6.07, 6.45) is 4.31. The largest absolute Gasteiger partial charge is 0.388 e. The number of aliphatic hydroxyl groups excluding tert-OH is 1. The molecule has 2 rings (SSSR count). The molecule has 1 heterocycles. The van der Waals surface area contributed by atoms with Gasteiger partial charge in [-0.3, -0.25) is 0 Å². The lowest BCUT2D eigenvalue weighted by molar-refractivity contribution is 0.0944. The van der Waals surface area contributed by atoms with Crippen LogP contribution in [0.3, 0.4) is 0 Å². The summed E-state index contributed by atoms with van der Waals surface area (Å²) in [7, 11) is 2.16. The minimum atomic E-state index is -0.339. The van der Waals surface area contributed by atoms with Crippen LogP contribution < -0.4 is 0 Å². The van der Waals surface area contributed by atoms with E-state index in [9.17, 15) is 5.11 Å². The topological polar surface area (TPSA) is 23.5 Å². The van der Waals surface area contributed by atoms with E-state index in [1.807, 2.05) is 24.3 Å². The fourth-order valence-electron chi connectivity index (χ4n) is 2.52. The van der Waals surface area contributed by atoms with Crippen LogP contribution in [-0.2, 0) is 0 Å². The predicted molar refractivity (Wildman–Crippen MR) is 74.0 cm³/mol. The molecule has 0 aliphatic carbocycles. The second-order valence-electron chi connectivity index (χ2n) is 4.93. The molecule has 0 radical (unpaired) electrons.